The van der Waals surface area contributed by atoms with Gasteiger partial charge in [-0.25, -0.2) is 4.79 Å². The van der Waals surface area contributed by atoms with Crippen LogP contribution in [0.3, 0.4) is 0 Å². The first-order valence-corrected chi connectivity index (χ1v) is 7.87. The molecular weight excluding hydrogens is 292 g/mol. The molecular formula is C18H24N2O3. The van der Waals surface area contributed by atoms with E-state index >= 15 is 0 Å². The van der Waals surface area contributed by atoms with Crippen LogP contribution in [-0.4, -0.2) is 23.8 Å². The van der Waals surface area contributed by atoms with Crippen LogP contribution in [0.25, 0.3) is 0 Å². The molecule has 5 nitrogen and oxygen atoms in total. The first-order valence-electron chi connectivity index (χ1n) is 7.87. The van der Waals surface area contributed by atoms with Gasteiger partial charge in [0.25, 0.3) is 0 Å². The van der Waals surface area contributed by atoms with Crippen molar-refractivity contribution in [2.75, 3.05) is 6.54 Å². The van der Waals surface area contributed by atoms with Gasteiger partial charge in [-0.05, 0) is 37.0 Å². The smallest absolute Gasteiger partial charge is 0.315 e. The number of amides is 2. The van der Waals surface area contributed by atoms with Crippen molar-refractivity contribution >= 4 is 6.03 Å². The molecule has 0 bridgehead atoms. The van der Waals surface area contributed by atoms with Crippen LogP contribution in [0.2, 0.25) is 0 Å². The van der Waals surface area contributed by atoms with Gasteiger partial charge in [0.05, 0.1) is 12.4 Å². The van der Waals surface area contributed by atoms with Crippen molar-refractivity contribution in [3.05, 3.63) is 60.1 Å². The monoisotopic (exact) mass is 316 g/mol. The molecule has 0 saturated heterocycles. The number of carbonyl (C=O) groups excluding carboxylic acids is 1. The van der Waals surface area contributed by atoms with Crippen molar-refractivity contribution in [3.8, 4) is 0 Å². The molecule has 2 rings (SSSR count). The summed E-state index contributed by atoms with van der Waals surface area (Å²) in [6, 6.07) is 12.7. The summed E-state index contributed by atoms with van der Waals surface area (Å²) < 4.78 is 5.45. The van der Waals surface area contributed by atoms with Crippen molar-refractivity contribution in [1.29, 1.82) is 0 Å². The minimum Gasteiger partial charge on any atom is -0.467 e. The third-order valence-electron chi connectivity index (χ3n) is 3.59. The predicted molar refractivity (Wildman–Crippen MR) is 89.0 cm³/mol. The molecule has 0 saturated carbocycles. The molecule has 2 aromatic rings. The van der Waals surface area contributed by atoms with Crippen LogP contribution in [0.5, 0.6) is 0 Å². The number of aliphatic hydroxyl groups excluding tert-OH is 1. The second-order valence-corrected chi connectivity index (χ2v) is 5.90. The van der Waals surface area contributed by atoms with Crippen molar-refractivity contribution in [2.45, 2.75) is 32.4 Å². The molecule has 1 heterocycles. The summed E-state index contributed by atoms with van der Waals surface area (Å²) in [5, 5.41) is 15.2. The Morgan fingerprint density at radius 2 is 1.91 bits per heavy atom. The Bertz CT molecular complexity index is 582. The summed E-state index contributed by atoms with van der Waals surface area (Å²) in [7, 11) is 0. The Labute approximate surface area is 136 Å². The second-order valence-electron chi connectivity index (χ2n) is 5.90. The molecule has 0 radical (unpaired) electrons. The first-order chi connectivity index (χ1) is 11.1. The minimum atomic E-state index is -0.366. The molecule has 2 amide bonds. The van der Waals surface area contributed by atoms with Gasteiger partial charge in [0, 0.05) is 6.54 Å². The molecule has 124 valence electrons. The van der Waals surface area contributed by atoms with Crippen LogP contribution in [0.15, 0.2) is 53.1 Å². The topological polar surface area (TPSA) is 74.5 Å². The molecule has 0 aliphatic heterocycles. The fourth-order valence-electron chi connectivity index (χ4n) is 2.53. The zero-order chi connectivity index (χ0) is 16.7. The number of hydrogen-bond donors (Lipinski definition) is 3. The Balaban J connectivity index is 1.97. The van der Waals surface area contributed by atoms with E-state index in [4.69, 9.17) is 4.42 Å². The SMILES string of the molecule is CC(O)CC(C)CNC(=O)NC(c1ccccc1)c1ccco1. The zero-order valence-corrected chi connectivity index (χ0v) is 13.5. The van der Waals surface area contributed by atoms with Crippen LogP contribution in [-0.2, 0) is 0 Å². The number of hydrogen-bond acceptors (Lipinski definition) is 3. The number of aliphatic hydroxyl groups is 1. The highest BCUT2D eigenvalue weighted by Gasteiger charge is 2.19. The van der Waals surface area contributed by atoms with E-state index in [1.54, 1.807) is 19.3 Å². The lowest BCUT2D eigenvalue weighted by Gasteiger charge is -2.19. The zero-order valence-electron chi connectivity index (χ0n) is 13.5. The number of nitrogens with one attached hydrogen (secondary N) is 2. The minimum absolute atomic E-state index is 0.208. The molecule has 3 unspecified atom stereocenters. The van der Waals surface area contributed by atoms with Gasteiger partial charge in [0.1, 0.15) is 11.8 Å². The fourth-order valence-corrected chi connectivity index (χ4v) is 2.53. The lowest BCUT2D eigenvalue weighted by Crippen LogP contribution is -2.40. The number of rotatable bonds is 7. The summed E-state index contributed by atoms with van der Waals surface area (Å²) in [5.41, 5.74) is 0.953. The summed E-state index contributed by atoms with van der Waals surface area (Å²) in [4.78, 5) is 12.2. The predicted octanol–water partition coefficient (Wildman–Crippen LogP) is 3.08. The van der Waals surface area contributed by atoms with Crippen molar-refractivity contribution in [1.82, 2.24) is 10.6 Å². The molecule has 0 aliphatic rings. The lowest BCUT2D eigenvalue weighted by molar-refractivity contribution is 0.163. The highest BCUT2D eigenvalue weighted by molar-refractivity contribution is 5.74. The quantitative estimate of drug-likeness (QED) is 0.735. The third-order valence-corrected chi connectivity index (χ3v) is 3.59. The number of furan rings is 1. The van der Waals surface area contributed by atoms with Gasteiger partial charge in [-0.1, -0.05) is 37.3 Å². The van der Waals surface area contributed by atoms with Crippen molar-refractivity contribution in [2.24, 2.45) is 5.92 Å². The fraction of sp³-hybridized carbons (Fsp3) is 0.389. The third kappa shape index (κ3) is 5.45. The van der Waals surface area contributed by atoms with Crippen LogP contribution in [0.1, 0.15) is 37.6 Å². The molecule has 3 atom stereocenters. The van der Waals surface area contributed by atoms with E-state index in [2.05, 4.69) is 10.6 Å². The number of urea groups is 1. The summed E-state index contributed by atoms with van der Waals surface area (Å²) in [5.74, 6) is 0.892. The van der Waals surface area contributed by atoms with Gasteiger partial charge in [-0.2, -0.15) is 0 Å². The Hall–Kier alpha value is -2.27. The number of benzene rings is 1. The Kier molecular flexibility index (Phi) is 6.23. The van der Waals surface area contributed by atoms with E-state index in [0.717, 1.165) is 5.56 Å². The van der Waals surface area contributed by atoms with E-state index in [-0.39, 0.29) is 24.1 Å². The van der Waals surface area contributed by atoms with E-state index < -0.39 is 0 Å². The molecule has 5 heteroatoms. The average Bonchev–Trinajstić information content (AvgIpc) is 3.05. The molecule has 0 aliphatic carbocycles. The maximum absolute atomic E-state index is 12.2. The summed E-state index contributed by atoms with van der Waals surface area (Å²) in [6.45, 7) is 4.25. The Morgan fingerprint density at radius 3 is 2.52 bits per heavy atom. The van der Waals surface area contributed by atoms with Gasteiger partial charge in [-0.3, -0.25) is 0 Å². The maximum Gasteiger partial charge on any atom is 0.315 e. The molecule has 0 spiro atoms. The standard InChI is InChI=1S/C18H24N2O3/c1-13(11-14(2)21)12-19-18(22)20-17(16-9-6-10-23-16)15-7-4-3-5-8-15/h3-10,13-14,17,21H,11-12H2,1-2H3,(H2,19,20,22). The van der Waals surface area contributed by atoms with Crippen LogP contribution >= 0.6 is 0 Å². The molecule has 3 N–H and O–H groups in total. The van der Waals surface area contributed by atoms with E-state index in [9.17, 15) is 9.90 Å². The van der Waals surface area contributed by atoms with Crippen molar-refractivity contribution in [3.63, 3.8) is 0 Å². The molecule has 1 aromatic heterocycles. The van der Waals surface area contributed by atoms with Gasteiger partial charge >= 0.3 is 6.03 Å². The summed E-state index contributed by atoms with van der Waals surface area (Å²) in [6.07, 6.45) is 1.88. The van der Waals surface area contributed by atoms with Gasteiger partial charge in [0.2, 0.25) is 0 Å². The van der Waals surface area contributed by atoms with Crippen LogP contribution < -0.4 is 10.6 Å². The molecule has 0 fully saturated rings. The normalized spacial score (nSPS) is 14.7. The maximum atomic E-state index is 12.2. The van der Waals surface area contributed by atoms with E-state index in [0.29, 0.717) is 18.7 Å². The van der Waals surface area contributed by atoms with E-state index in [1.807, 2.05) is 43.3 Å². The summed E-state index contributed by atoms with van der Waals surface area (Å²) >= 11 is 0. The largest absolute Gasteiger partial charge is 0.467 e. The first kappa shape index (κ1) is 17.1. The van der Waals surface area contributed by atoms with E-state index in [1.165, 1.54) is 0 Å². The Morgan fingerprint density at radius 1 is 1.17 bits per heavy atom. The van der Waals surface area contributed by atoms with Crippen LogP contribution in [0, 0.1) is 5.92 Å². The highest BCUT2D eigenvalue weighted by Crippen LogP contribution is 2.22. The van der Waals surface area contributed by atoms with Gasteiger partial charge in [-0.15, -0.1) is 0 Å². The van der Waals surface area contributed by atoms with Crippen molar-refractivity contribution < 1.29 is 14.3 Å². The van der Waals surface area contributed by atoms with Gasteiger partial charge in [0.15, 0.2) is 0 Å². The highest BCUT2D eigenvalue weighted by atomic mass is 16.3. The number of carbonyl (C=O) groups is 1. The van der Waals surface area contributed by atoms with Crippen LogP contribution in [0.4, 0.5) is 4.79 Å². The average molecular weight is 316 g/mol. The molecule has 1 aromatic carbocycles. The van der Waals surface area contributed by atoms with Gasteiger partial charge < -0.3 is 20.2 Å². The molecule has 23 heavy (non-hydrogen) atoms. The lowest BCUT2D eigenvalue weighted by atomic mass is 10.0. The second kappa shape index (κ2) is 8.39.